The number of halogens is 1. The van der Waals surface area contributed by atoms with E-state index in [-0.39, 0.29) is 17.8 Å². The summed E-state index contributed by atoms with van der Waals surface area (Å²) < 4.78 is 5.95. The number of ether oxygens (including phenoxy) is 1. The predicted molar refractivity (Wildman–Crippen MR) is 78.8 cm³/mol. The summed E-state index contributed by atoms with van der Waals surface area (Å²) in [5, 5.41) is 11.2. The Morgan fingerprint density at radius 1 is 1.70 bits per heavy atom. The van der Waals surface area contributed by atoms with Gasteiger partial charge < -0.3 is 15.4 Å². The quantitative estimate of drug-likeness (QED) is 0.659. The van der Waals surface area contributed by atoms with Crippen molar-refractivity contribution in [3.63, 3.8) is 0 Å². The molecule has 2 atom stereocenters. The number of nitrogens with zero attached hydrogens (tertiary/aromatic N) is 3. The maximum Gasteiger partial charge on any atom is 0.312 e. The van der Waals surface area contributed by atoms with Crippen LogP contribution in [-0.4, -0.2) is 42.3 Å². The number of pyridine rings is 1. The van der Waals surface area contributed by atoms with Crippen LogP contribution in [0.1, 0.15) is 12.8 Å². The van der Waals surface area contributed by atoms with E-state index >= 15 is 0 Å². The maximum absolute atomic E-state index is 11.2. The van der Waals surface area contributed by atoms with Crippen molar-refractivity contribution in [3.8, 4) is 0 Å². The fourth-order valence-corrected chi connectivity index (χ4v) is 2.83. The van der Waals surface area contributed by atoms with Gasteiger partial charge in [-0.25, -0.2) is 4.98 Å². The number of nitro groups is 1. The Bertz CT molecular complexity index is 500. The molecule has 0 aliphatic carbocycles. The minimum atomic E-state index is -0.414. The number of hydrogen-bond acceptors (Lipinski definition) is 6. The molecule has 1 fully saturated rings. The maximum atomic E-state index is 11.2. The minimum absolute atomic E-state index is 0.000996. The van der Waals surface area contributed by atoms with E-state index in [0.717, 1.165) is 12.8 Å². The zero-order chi connectivity index (χ0) is 14.7. The molecular weight excluding hydrogens is 328 g/mol. The number of hydrogen-bond donors (Lipinski definition) is 1. The number of piperidine rings is 1. The van der Waals surface area contributed by atoms with Gasteiger partial charge in [-0.1, -0.05) is 0 Å². The zero-order valence-corrected chi connectivity index (χ0v) is 12.7. The van der Waals surface area contributed by atoms with E-state index in [2.05, 4.69) is 20.9 Å². The average molecular weight is 345 g/mol. The fraction of sp³-hybridized carbons (Fsp3) is 0.583. The van der Waals surface area contributed by atoms with Crippen LogP contribution in [0.5, 0.6) is 0 Å². The lowest BCUT2D eigenvalue weighted by Gasteiger charge is -2.38. The second-order valence-corrected chi connectivity index (χ2v) is 5.63. The van der Waals surface area contributed by atoms with Crippen LogP contribution in [0.15, 0.2) is 16.7 Å². The second kappa shape index (κ2) is 6.47. The molecule has 0 amide bonds. The highest BCUT2D eigenvalue weighted by Gasteiger charge is 2.32. The molecule has 0 spiro atoms. The molecule has 1 aliphatic rings. The van der Waals surface area contributed by atoms with Crippen molar-refractivity contribution in [2.75, 3.05) is 25.1 Å². The number of anilines is 1. The van der Waals surface area contributed by atoms with Crippen LogP contribution in [0.3, 0.4) is 0 Å². The third-order valence-corrected chi connectivity index (χ3v) is 3.99. The molecule has 0 saturated carbocycles. The average Bonchev–Trinajstić information content (AvgIpc) is 2.46. The Labute approximate surface area is 125 Å². The van der Waals surface area contributed by atoms with Crippen LogP contribution in [0.2, 0.25) is 0 Å². The summed E-state index contributed by atoms with van der Waals surface area (Å²) in [6, 6.07) is 1.47. The summed E-state index contributed by atoms with van der Waals surface area (Å²) in [4.78, 5) is 16.9. The minimum Gasteiger partial charge on any atom is -0.381 e. The lowest BCUT2D eigenvalue weighted by atomic mass is 9.99. The first-order valence-corrected chi connectivity index (χ1v) is 7.15. The second-order valence-electron chi connectivity index (χ2n) is 4.72. The van der Waals surface area contributed by atoms with Gasteiger partial charge in [0.2, 0.25) is 5.82 Å². The van der Waals surface area contributed by atoms with E-state index in [1.807, 2.05) is 4.90 Å². The van der Waals surface area contributed by atoms with Crippen LogP contribution in [0.4, 0.5) is 11.5 Å². The topological polar surface area (TPSA) is 94.5 Å². The number of methoxy groups -OCH3 is 1. The van der Waals surface area contributed by atoms with Crippen molar-refractivity contribution in [3.05, 3.63) is 26.9 Å². The zero-order valence-electron chi connectivity index (χ0n) is 11.2. The van der Waals surface area contributed by atoms with Gasteiger partial charge in [0.1, 0.15) is 0 Å². The van der Waals surface area contributed by atoms with Crippen molar-refractivity contribution in [2.24, 2.45) is 5.73 Å². The van der Waals surface area contributed by atoms with Gasteiger partial charge in [-0.3, -0.25) is 10.1 Å². The van der Waals surface area contributed by atoms with Crippen LogP contribution >= 0.6 is 15.9 Å². The highest BCUT2D eigenvalue weighted by molar-refractivity contribution is 9.10. The van der Waals surface area contributed by atoms with E-state index in [4.69, 9.17) is 10.5 Å². The van der Waals surface area contributed by atoms with Gasteiger partial charge in [-0.15, -0.1) is 0 Å². The summed E-state index contributed by atoms with van der Waals surface area (Å²) in [6.07, 6.45) is 3.27. The van der Waals surface area contributed by atoms with Gasteiger partial charge in [0.15, 0.2) is 0 Å². The molecule has 1 aliphatic heterocycles. The van der Waals surface area contributed by atoms with Gasteiger partial charge in [-0.2, -0.15) is 0 Å². The third-order valence-electron chi connectivity index (χ3n) is 3.56. The first-order chi connectivity index (χ1) is 9.56. The smallest absolute Gasteiger partial charge is 0.312 e. The lowest BCUT2D eigenvalue weighted by molar-refractivity contribution is -0.384. The van der Waals surface area contributed by atoms with Crippen molar-refractivity contribution >= 4 is 27.4 Å². The number of nitrogens with two attached hydrogens (primary N) is 1. The Morgan fingerprint density at radius 3 is 3.05 bits per heavy atom. The molecule has 0 bridgehead atoms. The molecule has 2 N–H and O–H groups in total. The van der Waals surface area contributed by atoms with Gasteiger partial charge >= 0.3 is 5.69 Å². The predicted octanol–water partition coefficient (Wildman–Crippen LogP) is 1.69. The summed E-state index contributed by atoms with van der Waals surface area (Å²) in [5.41, 5.74) is 5.79. The monoisotopic (exact) mass is 344 g/mol. The first kappa shape index (κ1) is 15.1. The normalized spacial score (nSPS) is 22.9. The first-order valence-electron chi connectivity index (χ1n) is 6.36. The molecule has 1 aromatic heterocycles. The summed E-state index contributed by atoms with van der Waals surface area (Å²) in [7, 11) is 1.67. The molecule has 7 nitrogen and oxygen atoms in total. The van der Waals surface area contributed by atoms with E-state index < -0.39 is 4.92 Å². The third kappa shape index (κ3) is 3.08. The Hall–Kier alpha value is -1.25. The van der Waals surface area contributed by atoms with E-state index in [1.54, 1.807) is 13.3 Å². The van der Waals surface area contributed by atoms with Crippen LogP contribution in [-0.2, 0) is 4.74 Å². The largest absolute Gasteiger partial charge is 0.381 e. The van der Waals surface area contributed by atoms with E-state index in [1.165, 1.54) is 6.07 Å². The summed E-state index contributed by atoms with van der Waals surface area (Å²) >= 11 is 3.21. The molecule has 2 unspecified atom stereocenters. The summed E-state index contributed by atoms with van der Waals surface area (Å²) in [6.45, 7) is 1.06. The Kier molecular flexibility index (Phi) is 4.90. The molecular formula is C12H17BrN4O3. The molecule has 2 heterocycles. The van der Waals surface area contributed by atoms with Gasteiger partial charge in [-0.05, 0) is 28.8 Å². The molecule has 8 heteroatoms. The van der Waals surface area contributed by atoms with Crippen LogP contribution < -0.4 is 10.6 Å². The van der Waals surface area contributed by atoms with Gasteiger partial charge in [0.25, 0.3) is 0 Å². The van der Waals surface area contributed by atoms with E-state index in [0.29, 0.717) is 23.4 Å². The van der Waals surface area contributed by atoms with Crippen LogP contribution in [0, 0.1) is 10.1 Å². The molecule has 2 rings (SSSR count). The number of rotatable bonds is 4. The lowest BCUT2D eigenvalue weighted by Crippen LogP contribution is -2.49. The van der Waals surface area contributed by atoms with Crippen molar-refractivity contribution in [2.45, 2.75) is 25.0 Å². The number of aromatic nitrogens is 1. The Morgan fingerprint density at radius 2 is 2.45 bits per heavy atom. The molecule has 1 saturated heterocycles. The fourth-order valence-electron chi connectivity index (χ4n) is 2.51. The van der Waals surface area contributed by atoms with Crippen molar-refractivity contribution in [1.82, 2.24) is 4.98 Å². The highest BCUT2D eigenvalue weighted by atomic mass is 79.9. The highest BCUT2D eigenvalue weighted by Crippen LogP contribution is 2.33. The van der Waals surface area contributed by atoms with Crippen molar-refractivity contribution < 1.29 is 9.66 Å². The van der Waals surface area contributed by atoms with Gasteiger partial charge in [0.05, 0.1) is 11.0 Å². The molecule has 110 valence electrons. The standard InChI is InChI=1S/C12H17BrN4O3/c1-20-10-2-3-16(9(5-10)6-14)12-11(17(18)19)4-8(13)7-15-12/h4,7,9-10H,2-3,5-6,14H2,1H3. The SMILES string of the molecule is COC1CCN(c2ncc(Br)cc2[N+](=O)[O-])C(CN)C1. The van der Waals surface area contributed by atoms with E-state index in [9.17, 15) is 10.1 Å². The van der Waals surface area contributed by atoms with Crippen LogP contribution in [0.25, 0.3) is 0 Å². The molecule has 20 heavy (non-hydrogen) atoms. The molecule has 0 aromatic carbocycles. The van der Waals surface area contributed by atoms with Crippen molar-refractivity contribution in [1.29, 1.82) is 0 Å². The molecule has 0 radical (unpaired) electrons. The Balaban J connectivity index is 2.33. The molecule has 1 aromatic rings. The van der Waals surface area contributed by atoms with Gasteiger partial charge in [0, 0.05) is 43.0 Å². The summed E-state index contributed by atoms with van der Waals surface area (Å²) in [5.74, 6) is 0.378.